The monoisotopic (exact) mass is 353 g/mol. The van der Waals surface area contributed by atoms with Crippen LogP contribution >= 0.6 is 15.9 Å². The highest BCUT2D eigenvalue weighted by Crippen LogP contribution is 2.17. The normalized spacial score (nSPS) is 18.5. The molecule has 0 aliphatic carbocycles. The Bertz CT molecular complexity index is 547. The summed E-state index contributed by atoms with van der Waals surface area (Å²) in [5.74, 6) is -1.66. The van der Waals surface area contributed by atoms with Gasteiger partial charge in [-0.05, 0) is 17.7 Å². The van der Waals surface area contributed by atoms with Crippen molar-refractivity contribution in [1.29, 1.82) is 0 Å². The van der Waals surface area contributed by atoms with E-state index in [2.05, 4.69) is 20.7 Å². The average molecular weight is 354 g/mol. The number of likely N-dealkylation sites (tertiary alicyclic amines) is 1. The second-order valence-corrected chi connectivity index (χ2v) is 5.85. The average Bonchev–Trinajstić information content (AvgIpc) is 2.49. The summed E-state index contributed by atoms with van der Waals surface area (Å²) in [6.45, 7) is 0.475. The Morgan fingerprint density at radius 2 is 2.00 bits per heavy atom. The van der Waals surface area contributed by atoms with Crippen molar-refractivity contribution in [3.63, 3.8) is 0 Å². The van der Waals surface area contributed by atoms with E-state index in [0.717, 1.165) is 10.0 Å². The number of ether oxygens (including phenoxy) is 1. The fraction of sp³-hybridized carbons (Fsp3) is 0.400. The second-order valence-electron chi connectivity index (χ2n) is 4.94. The zero-order chi connectivity index (χ0) is 15.4. The van der Waals surface area contributed by atoms with Crippen LogP contribution in [0.3, 0.4) is 0 Å². The summed E-state index contributed by atoms with van der Waals surface area (Å²) >= 11 is 3.34. The first-order valence-corrected chi connectivity index (χ1v) is 7.43. The molecule has 1 saturated heterocycles. The number of hydrogen-bond donors (Lipinski definition) is 0. The Hall–Kier alpha value is -1.69. The van der Waals surface area contributed by atoms with Crippen LogP contribution in [-0.4, -0.2) is 42.8 Å². The highest BCUT2D eigenvalue weighted by atomic mass is 79.9. The number of rotatable bonds is 3. The molecular weight excluding hydrogens is 338 g/mol. The zero-order valence-corrected chi connectivity index (χ0v) is 13.3. The summed E-state index contributed by atoms with van der Waals surface area (Å²) in [5.41, 5.74) is 0.898. The van der Waals surface area contributed by atoms with Gasteiger partial charge in [0.05, 0.1) is 13.5 Å². The molecule has 6 heteroatoms. The van der Waals surface area contributed by atoms with Gasteiger partial charge in [0.15, 0.2) is 5.78 Å². The van der Waals surface area contributed by atoms with Gasteiger partial charge in [0.25, 0.3) is 0 Å². The Morgan fingerprint density at radius 3 is 2.62 bits per heavy atom. The molecule has 0 radical (unpaired) electrons. The molecule has 0 saturated carbocycles. The molecule has 1 heterocycles. The molecule has 21 heavy (non-hydrogen) atoms. The van der Waals surface area contributed by atoms with E-state index < -0.39 is 11.9 Å². The lowest BCUT2D eigenvalue weighted by molar-refractivity contribution is -0.153. The predicted octanol–water partition coefficient (Wildman–Crippen LogP) is 1.58. The number of nitrogens with zero attached hydrogens (tertiary/aromatic N) is 1. The van der Waals surface area contributed by atoms with Crippen LogP contribution in [0.1, 0.15) is 12.0 Å². The van der Waals surface area contributed by atoms with Crippen LogP contribution in [0.2, 0.25) is 0 Å². The third kappa shape index (κ3) is 3.91. The van der Waals surface area contributed by atoms with Crippen LogP contribution in [0.4, 0.5) is 0 Å². The van der Waals surface area contributed by atoms with E-state index in [1.807, 2.05) is 24.3 Å². The molecule has 1 aliphatic rings. The number of benzene rings is 1. The van der Waals surface area contributed by atoms with Gasteiger partial charge < -0.3 is 9.64 Å². The molecule has 1 fully saturated rings. The molecular formula is C15H16BrNO4. The minimum Gasteiger partial charge on any atom is -0.468 e. The van der Waals surface area contributed by atoms with Gasteiger partial charge in [-0.2, -0.15) is 0 Å². The van der Waals surface area contributed by atoms with E-state index >= 15 is 0 Å². The van der Waals surface area contributed by atoms with Crippen molar-refractivity contribution in [1.82, 2.24) is 4.90 Å². The van der Waals surface area contributed by atoms with E-state index in [-0.39, 0.29) is 31.1 Å². The van der Waals surface area contributed by atoms with Crippen molar-refractivity contribution < 1.29 is 19.1 Å². The Labute approximate surface area is 131 Å². The summed E-state index contributed by atoms with van der Waals surface area (Å²) in [4.78, 5) is 37.1. The Kier molecular flexibility index (Phi) is 5.12. The van der Waals surface area contributed by atoms with Gasteiger partial charge in [-0.25, -0.2) is 0 Å². The molecule has 2 rings (SSSR count). The first-order chi connectivity index (χ1) is 10.0. The van der Waals surface area contributed by atoms with Crippen molar-refractivity contribution in [2.45, 2.75) is 12.8 Å². The fourth-order valence-corrected chi connectivity index (χ4v) is 2.56. The van der Waals surface area contributed by atoms with Crippen molar-refractivity contribution in [3.05, 3.63) is 34.3 Å². The topological polar surface area (TPSA) is 63.7 Å². The van der Waals surface area contributed by atoms with E-state index in [1.54, 1.807) is 4.90 Å². The number of esters is 1. The van der Waals surface area contributed by atoms with Gasteiger partial charge in [-0.1, -0.05) is 28.1 Å². The number of piperidine rings is 1. The van der Waals surface area contributed by atoms with Gasteiger partial charge in [0.1, 0.15) is 5.92 Å². The first-order valence-electron chi connectivity index (χ1n) is 6.64. The van der Waals surface area contributed by atoms with Crippen molar-refractivity contribution in [3.8, 4) is 0 Å². The van der Waals surface area contributed by atoms with Gasteiger partial charge in [-0.3, -0.25) is 14.4 Å². The SMILES string of the molecule is COC(=O)C1CN(C(=O)Cc2ccc(Br)cc2)CCC1=O. The van der Waals surface area contributed by atoms with Gasteiger partial charge >= 0.3 is 5.97 Å². The highest BCUT2D eigenvalue weighted by molar-refractivity contribution is 9.10. The molecule has 5 nitrogen and oxygen atoms in total. The molecule has 1 aromatic rings. The van der Waals surface area contributed by atoms with Crippen LogP contribution in [0, 0.1) is 5.92 Å². The molecule has 0 spiro atoms. The molecule has 1 atom stereocenters. The molecule has 1 aliphatic heterocycles. The van der Waals surface area contributed by atoms with Gasteiger partial charge in [0, 0.05) is 24.0 Å². The zero-order valence-electron chi connectivity index (χ0n) is 11.7. The molecule has 0 N–H and O–H groups in total. The number of hydrogen-bond acceptors (Lipinski definition) is 4. The highest BCUT2D eigenvalue weighted by Gasteiger charge is 2.35. The standard InChI is InChI=1S/C15H16BrNO4/c1-21-15(20)12-9-17(7-6-13(12)18)14(19)8-10-2-4-11(16)5-3-10/h2-5,12H,6-9H2,1H3. The van der Waals surface area contributed by atoms with Gasteiger partial charge in [0.2, 0.25) is 5.91 Å². The molecule has 1 amide bonds. The molecule has 0 aromatic heterocycles. The largest absolute Gasteiger partial charge is 0.468 e. The maximum absolute atomic E-state index is 12.3. The van der Waals surface area contributed by atoms with Crippen LogP contribution in [0.25, 0.3) is 0 Å². The summed E-state index contributed by atoms with van der Waals surface area (Å²) in [6.07, 6.45) is 0.460. The van der Waals surface area contributed by atoms with Gasteiger partial charge in [-0.15, -0.1) is 0 Å². The van der Waals surface area contributed by atoms with E-state index in [1.165, 1.54) is 7.11 Å². The maximum Gasteiger partial charge on any atom is 0.318 e. The number of methoxy groups -OCH3 is 1. The number of amides is 1. The molecule has 0 bridgehead atoms. The lowest BCUT2D eigenvalue weighted by Crippen LogP contribution is -2.47. The van der Waals surface area contributed by atoms with Crippen molar-refractivity contribution in [2.24, 2.45) is 5.92 Å². The second kappa shape index (κ2) is 6.85. The van der Waals surface area contributed by atoms with Crippen LogP contribution < -0.4 is 0 Å². The summed E-state index contributed by atoms with van der Waals surface area (Å²) in [6, 6.07) is 7.49. The summed E-state index contributed by atoms with van der Waals surface area (Å²) in [7, 11) is 1.25. The Morgan fingerprint density at radius 1 is 1.33 bits per heavy atom. The predicted molar refractivity (Wildman–Crippen MR) is 79.6 cm³/mol. The Balaban J connectivity index is 2.00. The number of carbonyl (C=O) groups is 3. The van der Waals surface area contributed by atoms with E-state index in [9.17, 15) is 14.4 Å². The third-order valence-corrected chi connectivity index (χ3v) is 4.06. The smallest absolute Gasteiger partial charge is 0.318 e. The quantitative estimate of drug-likeness (QED) is 0.611. The summed E-state index contributed by atoms with van der Waals surface area (Å²) in [5, 5.41) is 0. The van der Waals surface area contributed by atoms with E-state index in [0.29, 0.717) is 6.54 Å². The van der Waals surface area contributed by atoms with Crippen LogP contribution in [-0.2, 0) is 25.5 Å². The number of ketones is 1. The number of Topliss-reactive ketones (excluding diaryl/α,β-unsaturated/α-hetero) is 1. The third-order valence-electron chi connectivity index (χ3n) is 3.53. The fourth-order valence-electron chi connectivity index (χ4n) is 2.30. The molecule has 112 valence electrons. The number of carbonyl (C=O) groups excluding carboxylic acids is 3. The lowest BCUT2D eigenvalue weighted by Gasteiger charge is -2.30. The lowest BCUT2D eigenvalue weighted by atomic mass is 9.96. The van der Waals surface area contributed by atoms with Crippen molar-refractivity contribution >= 4 is 33.6 Å². The van der Waals surface area contributed by atoms with E-state index in [4.69, 9.17) is 0 Å². The minimum atomic E-state index is -0.849. The van der Waals surface area contributed by atoms with Crippen molar-refractivity contribution in [2.75, 3.05) is 20.2 Å². The maximum atomic E-state index is 12.3. The van der Waals surface area contributed by atoms with Crippen LogP contribution in [0.5, 0.6) is 0 Å². The number of halogens is 1. The minimum absolute atomic E-state index is 0.0845. The van der Waals surface area contributed by atoms with Crippen LogP contribution in [0.15, 0.2) is 28.7 Å². The molecule has 1 unspecified atom stereocenters. The summed E-state index contributed by atoms with van der Waals surface area (Å²) < 4.78 is 5.57. The molecule has 1 aromatic carbocycles. The first kappa shape index (κ1) is 15.7.